The van der Waals surface area contributed by atoms with Gasteiger partial charge in [-0.05, 0) is 19.9 Å². The molecule has 2 N–H and O–H groups in total. The molecule has 0 saturated carbocycles. The Hall–Kier alpha value is -3.44. The van der Waals surface area contributed by atoms with Crippen LogP contribution in [-0.4, -0.2) is 67.3 Å². The maximum Gasteiger partial charge on any atom is 0.329 e. The van der Waals surface area contributed by atoms with E-state index < -0.39 is 23.4 Å². The van der Waals surface area contributed by atoms with Crippen LogP contribution in [0.5, 0.6) is 11.5 Å². The van der Waals surface area contributed by atoms with Crippen molar-refractivity contribution in [1.82, 2.24) is 20.2 Å². The zero-order valence-electron chi connectivity index (χ0n) is 21.0. The summed E-state index contributed by atoms with van der Waals surface area (Å²) in [4.78, 5) is 26.2. The number of carbonyl (C=O) groups is 1. The molecule has 2 atom stereocenters. The summed E-state index contributed by atoms with van der Waals surface area (Å²) in [5.74, 6) is -2.38. The first-order valence-electron chi connectivity index (χ1n) is 11.8. The fraction of sp³-hybridized carbons (Fsp3) is 0.440. The van der Waals surface area contributed by atoms with Gasteiger partial charge in [0.1, 0.15) is 11.3 Å². The number of halogens is 2. The second kappa shape index (κ2) is 9.21. The Labute approximate surface area is 208 Å². The number of fused-ring (bicyclic) bond motifs is 3. The number of H-pyrrole nitrogens is 1. The number of rotatable bonds is 5. The number of urea groups is 1. The van der Waals surface area contributed by atoms with Crippen LogP contribution in [0, 0.1) is 11.6 Å². The van der Waals surface area contributed by atoms with Crippen molar-refractivity contribution in [2.45, 2.75) is 39.0 Å². The van der Waals surface area contributed by atoms with Gasteiger partial charge in [0.05, 0.1) is 26.5 Å². The Morgan fingerprint density at radius 3 is 2.31 bits per heavy atom. The summed E-state index contributed by atoms with van der Waals surface area (Å²) in [5, 5.41) is 4.32. The summed E-state index contributed by atoms with van der Waals surface area (Å²) in [6.07, 6.45) is 1.63. The summed E-state index contributed by atoms with van der Waals surface area (Å²) >= 11 is 0. The number of nitrogens with zero attached hydrogens (tertiary/aromatic N) is 4. The number of hydrogen-bond donors (Lipinski definition) is 2. The van der Waals surface area contributed by atoms with Crippen molar-refractivity contribution in [1.29, 1.82) is 0 Å². The van der Waals surface area contributed by atoms with E-state index in [1.807, 2.05) is 6.07 Å². The van der Waals surface area contributed by atoms with Crippen molar-refractivity contribution >= 4 is 28.4 Å². The molecule has 1 fully saturated rings. The smallest absolute Gasteiger partial charge is 0.329 e. The molecule has 0 bridgehead atoms. The summed E-state index contributed by atoms with van der Waals surface area (Å²) in [6, 6.07) is 3.35. The number of methoxy groups -OCH3 is 2. The predicted octanol–water partition coefficient (Wildman–Crippen LogP) is 3.62. The zero-order valence-corrected chi connectivity index (χ0v) is 21.0. The Morgan fingerprint density at radius 2 is 1.69 bits per heavy atom. The third-order valence-electron chi connectivity index (χ3n) is 6.79. The van der Waals surface area contributed by atoms with E-state index in [0.29, 0.717) is 29.0 Å². The summed E-state index contributed by atoms with van der Waals surface area (Å²) in [6.45, 7) is 6.87. The standard InChI is InChI=1S/C25H30F2N6O3/c1-13-9-32(10-14(2)29-13)12-16-6-17-22-15(8-28-24(17)30-16)11-33(25(34)31(22)3)23-20(26)18(35-4)7-19(36-5)21(23)27/h6-8,13-14,29H,9-12H2,1-5H3,(H,28,30)/t13-,14+. The fourth-order valence-electron chi connectivity index (χ4n) is 5.36. The number of nitrogens with one attached hydrogen (secondary N) is 2. The molecular weight excluding hydrogens is 470 g/mol. The number of anilines is 2. The van der Waals surface area contributed by atoms with E-state index in [1.54, 1.807) is 13.2 Å². The van der Waals surface area contributed by atoms with E-state index in [2.05, 4.69) is 34.0 Å². The molecule has 192 valence electrons. The van der Waals surface area contributed by atoms with Crippen molar-refractivity contribution in [2.24, 2.45) is 0 Å². The Bertz CT molecular complexity index is 1290. The predicted molar refractivity (Wildman–Crippen MR) is 133 cm³/mol. The third-order valence-corrected chi connectivity index (χ3v) is 6.79. The number of benzene rings is 1. The first kappa shape index (κ1) is 24.3. The number of carbonyl (C=O) groups excluding carboxylic acids is 1. The monoisotopic (exact) mass is 500 g/mol. The van der Waals surface area contributed by atoms with Gasteiger partial charge in [0.2, 0.25) is 0 Å². The molecule has 0 aliphatic carbocycles. The van der Waals surface area contributed by atoms with Crippen LogP contribution in [0.3, 0.4) is 0 Å². The summed E-state index contributed by atoms with van der Waals surface area (Å²) in [5.41, 5.74) is 2.46. The van der Waals surface area contributed by atoms with Crippen molar-refractivity contribution in [2.75, 3.05) is 44.2 Å². The minimum Gasteiger partial charge on any atom is -0.493 e. The normalized spacial score (nSPS) is 20.7. The van der Waals surface area contributed by atoms with Gasteiger partial charge in [-0.15, -0.1) is 0 Å². The minimum atomic E-state index is -0.974. The highest BCUT2D eigenvalue weighted by Crippen LogP contribution is 2.42. The van der Waals surface area contributed by atoms with E-state index in [9.17, 15) is 4.79 Å². The van der Waals surface area contributed by atoms with Crippen LogP contribution in [0.2, 0.25) is 0 Å². The number of aromatic nitrogens is 2. The van der Waals surface area contributed by atoms with E-state index in [4.69, 9.17) is 9.47 Å². The van der Waals surface area contributed by atoms with Crippen LogP contribution >= 0.6 is 0 Å². The highest BCUT2D eigenvalue weighted by molar-refractivity contribution is 6.11. The van der Waals surface area contributed by atoms with Crippen LogP contribution < -0.4 is 24.6 Å². The molecular formula is C25H30F2N6O3. The van der Waals surface area contributed by atoms with Crippen molar-refractivity contribution < 1.29 is 23.0 Å². The second-order valence-electron chi connectivity index (χ2n) is 9.54. The highest BCUT2D eigenvalue weighted by Gasteiger charge is 2.36. The Morgan fingerprint density at radius 1 is 1.06 bits per heavy atom. The van der Waals surface area contributed by atoms with Gasteiger partial charge in [-0.3, -0.25) is 14.7 Å². The molecule has 2 aliphatic heterocycles. The molecule has 2 aliphatic rings. The quantitative estimate of drug-likeness (QED) is 0.557. The largest absolute Gasteiger partial charge is 0.493 e. The maximum absolute atomic E-state index is 15.2. The molecule has 5 rings (SSSR count). The minimum absolute atomic E-state index is 0.0566. The Kier molecular flexibility index (Phi) is 6.21. The SMILES string of the molecule is COc1cc(OC)c(F)c(N2Cc3cnc4[nH]c(CN5C[C@@H](C)N[C@@H](C)C5)cc4c3N(C)C2=O)c1F. The fourth-order valence-corrected chi connectivity index (χ4v) is 5.36. The molecule has 0 spiro atoms. The molecule has 0 radical (unpaired) electrons. The number of amides is 2. The highest BCUT2D eigenvalue weighted by atomic mass is 19.1. The molecule has 11 heteroatoms. The summed E-state index contributed by atoms with van der Waals surface area (Å²) in [7, 11) is 4.13. The lowest BCUT2D eigenvalue weighted by atomic mass is 10.1. The summed E-state index contributed by atoms with van der Waals surface area (Å²) < 4.78 is 40.5. The van der Waals surface area contributed by atoms with Crippen molar-refractivity contribution in [3.8, 4) is 11.5 Å². The zero-order chi connectivity index (χ0) is 25.7. The first-order valence-corrected chi connectivity index (χ1v) is 11.8. The van der Waals surface area contributed by atoms with Crippen molar-refractivity contribution in [3.63, 3.8) is 0 Å². The topological polar surface area (TPSA) is 86.0 Å². The number of piperazine rings is 1. The van der Waals surface area contributed by atoms with Gasteiger partial charge in [0, 0.05) is 67.7 Å². The third kappa shape index (κ3) is 4.01. The van der Waals surface area contributed by atoms with Gasteiger partial charge >= 0.3 is 6.03 Å². The van der Waals surface area contributed by atoms with Gasteiger partial charge in [0.15, 0.2) is 23.1 Å². The van der Waals surface area contributed by atoms with E-state index in [-0.39, 0.29) is 18.0 Å². The van der Waals surface area contributed by atoms with Crippen LogP contribution in [0.15, 0.2) is 18.3 Å². The van der Waals surface area contributed by atoms with Gasteiger partial charge in [0.25, 0.3) is 0 Å². The number of aromatic amines is 1. The van der Waals surface area contributed by atoms with Gasteiger partial charge in [-0.25, -0.2) is 18.6 Å². The first-order chi connectivity index (χ1) is 17.2. The van der Waals surface area contributed by atoms with E-state index in [1.165, 1.54) is 19.1 Å². The Balaban J connectivity index is 1.51. The maximum atomic E-state index is 15.2. The molecule has 4 heterocycles. The van der Waals surface area contributed by atoms with Crippen LogP contribution in [0.1, 0.15) is 25.1 Å². The van der Waals surface area contributed by atoms with E-state index in [0.717, 1.165) is 41.7 Å². The lowest BCUT2D eigenvalue weighted by molar-refractivity contribution is 0.165. The van der Waals surface area contributed by atoms with Crippen molar-refractivity contribution in [3.05, 3.63) is 41.2 Å². The molecule has 0 unspecified atom stereocenters. The van der Waals surface area contributed by atoms with Gasteiger partial charge < -0.3 is 19.8 Å². The van der Waals surface area contributed by atoms with Crippen LogP contribution in [0.4, 0.5) is 25.0 Å². The van der Waals surface area contributed by atoms with E-state index >= 15 is 8.78 Å². The average molecular weight is 501 g/mol. The van der Waals surface area contributed by atoms with Gasteiger partial charge in [-0.1, -0.05) is 0 Å². The number of hydrogen-bond acceptors (Lipinski definition) is 6. The van der Waals surface area contributed by atoms with Gasteiger partial charge in [-0.2, -0.15) is 0 Å². The number of pyridine rings is 1. The molecule has 9 nitrogen and oxygen atoms in total. The molecule has 2 amide bonds. The second-order valence-corrected chi connectivity index (χ2v) is 9.54. The van der Waals surface area contributed by atoms with Crippen LogP contribution in [0.25, 0.3) is 11.0 Å². The molecule has 3 aromatic rings. The molecule has 1 saturated heterocycles. The lowest BCUT2D eigenvalue weighted by Crippen LogP contribution is -2.53. The average Bonchev–Trinajstić information content (AvgIpc) is 3.23. The molecule has 2 aromatic heterocycles. The number of ether oxygens (including phenoxy) is 2. The van der Waals surface area contributed by atoms with Crippen LogP contribution in [-0.2, 0) is 13.1 Å². The molecule has 1 aromatic carbocycles. The molecule has 36 heavy (non-hydrogen) atoms. The lowest BCUT2D eigenvalue weighted by Gasteiger charge is -2.36.